The fraction of sp³-hybridized carbons (Fsp3) is 1.00. The van der Waals surface area contributed by atoms with Crippen LogP contribution in [0.25, 0.3) is 0 Å². The van der Waals surface area contributed by atoms with Crippen molar-refractivity contribution in [2.24, 2.45) is 5.92 Å². The van der Waals surface area contributed by atoms with E-state index in [1.54, 1.807) is 0 Å². The molecule has 11 heavy (non-hydrogen) atoms. The fourth-order valence-corrected chi connectivity index (χ4v) is 1.37. The van der Waals surface area contributed by atoms with Gasteiger partial charge in [0, 0.05) is 6.54 Å². The van der Waals surface area contributed by atoms with E-state index in [4.69, 9.17) is 0 Å². The SMILES string of the molecule is CN1CC[C@@H](COC(F)F)C1. The van der Waals surface area contributed by atoms with Crippen molar-refractivity contribution in [1.29, 1.82) is 0 Å². The van der Waals surface area contributed by atoms with Gasteiger partial charge in [-0.25, -0.2) is 0 Å². The normalized spacial score (nSPS) is 26.7. The highest BCUT2D eigenvalue weighted by atomic mass is 19.3. The molecule has 1 atom stereocenters. The molecule has 0 bridgehead atoms. The molecule has 1 heterocycles. The van der Waals surface area contributed by atoms with Crippen LogP contribution in [0.1, 0.15) is 6.42 Å². The second-order valence-electron chi connectivity index (χ2n) is 3.01. The Morgan fingerprint density at radius 1 is 1.64 bits per heavy atom. The molecule has 1 saturated heterocycles. The first-order valence-electron chi connectivity index (χ1n) is 3.77. The van der Waals surface area contributed by atoms with Gasteiger partial charge in [0.2, 0.25) is 0 Å². The van der Waals surface area contributed by atoms with Crippen molar-refractivity contribution in [3.05, 3.63) is 0 Å². The summed E-state index contributed by atoms with van der Waals surface area (Å²) in [5.41, 5.74) is 0. The predicted molar refractivity (Wildman–Crippen MR) is 37.6 cm³/mol. The molecule has 1 fully saturated rings. The Morgan fingerprint density at radius 2 is 2.36 bits per heavy atom. The predicted octanol–water partition coefficient (Wildman–Crippen LogP) is 1.18. The highest BCUT2D eigenvalue weighted by molar-refractivity contribution is 4.71. The van der Waals surface area contributed by atoms with Crippen LogP contribution in [0.2, 0.25) is 0 Å². The van der Waals surface area contributed by atoms with E-state index in [9.17, 15) is 8.78 Å². The van der Waals surface area contributed by atoms with Crippen molar-refractivity contribution >= 4 is 0 Å². The van der Waals surface area contributed by atoms with Gasteiger partial charge in [0.15, 0.2) is 0 Å². The van der Waals surface area contributed by atoms with E-state index in [-0.39, 0.29) is 6.61 Å². The van der Waals surface area contributed by atoms with E-state index in [1.165, 1.54) is 0 Å². The Bertz CT molecular complexity index is 121. The summed E-state index contributed by atoms with van der Waals surface area (Å²) in [6.07, 6.45) is 0.975. The molecule has 1 aliphatic heterocycles. The minimum Gasteiger partial charge on any atom is -0.323 e. The minimum absolute atomic E-state index is 0.196. The van der Waals surface area contributed by atoms with Crippen LogP contribution >= 0.6 is 0 Å². The van der Waals surface area contributed by atoms with Crippen LogP contribution in [0.3, 0.4) is 0 Å². The number of nitrogens with zero attached hydrogens (tertiary/aromatic N) is 1. The molecule has 0 aromatic heterocycles. The zero-order valence-electron chi connectivity index (χ0n) is 6.59. The average Bonchev–Trinajstić information content (AvgIpc) is 2.31. The quantitative estimate of drug-likeness (QED) is 0.622. The van der Waals surface area contributed by atoms with Gasteiger partial charge in [-0.1, -0.05) is 0 Å². The molecule has 0 aromatic carbocycles. The number of likely N-dealkylation sites (tertiary alicyclic amines) is 1. The number of halogens is 2. The molecule has 1 aliphatic rings. The number of hydrogen-bond donors (Lipinski definition) is 0. The largest absolute Gasteiger partial charge is 0.345 e. The number of alkyl halides is 2. The Morgan fingerprint density at radius 3 is 2.82 bits per heavy atom. The van der Waals surface area contributed by atoms with Gasteiger partial charge < -0.3 is 9.64 Å². The van der Waals surface area contributed by atoms with Crippen molar-refractivity contribution in [3.63, 3.8) is 0 Å². The smallest absolute Gasteiger partial charge is 0.323 e. The van der Waals surface area contributed by atoms with Crippen molar-refractivity contribution < 1.29 is 13.5 Å². The van der Waals surface area contributed by atoms with Gasteiger partial charge in [-0.3, -0.25) is 0 Å². The summed E-state index contributed by atoms with van der Waals surface area (Å²) in [4.78, 5) is 2.12. The van der Waals surface area contributed by atoms with Gasteiger partial charge in [-0.15, -0.1) is 0 Å². The van der Waals surface area contributed by atoms with Gasteiger partial charge in [0.05, 0.1) is 6.61 Å². The van der Waals surface area contributed by atoms with Crippen molar-refractivity contribution in [1.82, 2.24) is 4.90 Å². The van der Waals surface area contributed by atoms with Gasteiger partial charge in [0.1, 0.15) is 0 Å². The second kappa shape index (κ2) is 3.97. The van der Waals surface area contributed by atoms with Crippen LogP contribution in [0.15, 0.2) is 0 Å². The third kappa shape index (κ3) is 3.12. The number of rotatable bonds is 3. The summed E-state index contributed by atoms with van der Waals surface area (Å²) >= 11 is 0. The second-order valence-corrected chi connectivity index (χ2v) is 3.01. The van der Waals surface area contributed by atoms with Crippen LogP contribution < -0.4 is 0 Å². The molecular formula is C7H13F2NO. The average molecular weight is 165 g/mol. The van der Waals surface area contributed by atoms with Crippen LogP contribution in [-0.4, -0.2) is 38.3 Å². The molecular weight excluding hydrogens is 152 g/mol. The molecule has 0 amide bonds. The third-order valence-electron chi connectivity index (χ3n) is 1.95. The molecule has 66 valence electrons. The lowest BCUT2D eigenvalue weighted by Gasteiger charge is -2.09. The molecule has 0 aromatic rings. The molecule has 2 nitrogen and oxygen atoms in total. The van der Waals surface area contributed by atoms with Crippen LogP contribution in [0.4, 0.5) is 8.78 Å². The number of ether oxygens (including phenoxy) is 1. The Kier molecular flexibility index (Phi) is 3.20. The van der Waals surface area contributed by atoms with Gasteiger partial charge >= 0.3 is 6.61 Å². The molecule has 1 rings (SSSR count). The van der Waals surface area contributed by atoms with Crippen molar-refractivity contribution in [2.75, 3.05) is 26.7 Å². The zero-order valence-corrected chi connectivity index (χ0v) is 6.59. The maximum Gasteiger partial charge on any atom is 0.345 e. The zero-order chi connectivity index (χ0) is 8.27. The van der Waals surface area contributed by atoms with E-state index in [0.717, 1.165) is 19.5 Å². The lowest BCUT2D eigenvalue weighted by atomic mass is 10.1. The lowest BCUT2D eigenvalue weighted by molar-refractivity contribution is -0.137. The van der Waals surface area contributed by atoms with Crippen LogP contribution in [0, 0.1) is 5.92 Å². The monoisotopic (exact) mass is 165 g/mol. The summed E-state index contributed by atoms with van der Waals surface area (Å²) in [7, 11) is 1.99. The van der Waals surface area contributed by atoms with E-state index in [1.807, 2.05) is 7.05 Å². The fourth-order valence-electron chi connectivity index (χ4n) is 1.37. The first kappa shape index (κ1) is 8.87. The number of hydrogen-bond acceptors (Lipinski definition) is 2. The highest BCUT2D eigenvalue weighted by Gasteiger charge is 2.20. The standard InChI is InChI=1S/C7H13F2NO/c1-10-3-2-6(4-10)5-11-7(8)9/h6-7H,2-5H2,1H3/t6-/m1/s1. The molecule has 0 unspecified atom stereocenters. The molecule has 0 radical (unpaired) electrons. The molecule has 0 spiro atoms. The Labute approximate surface area is 65.1 Å². The minimum atomic E-state index is -2.61. The summed E-state index contributed by atoms with van der Waals surface area (Å²) in [5, 5.41) is 0. The van der Waals surface area contributed by atoms with Crippen LogP contribution in [0.5, 0.6) is 0 Å². The van der Waals surface area contributed by atoms with Gasteiger partial charge in [-0.05, 0) is 25.9 Å². The van der Waals surface area contributed by atoms with E-state index >= 15 is 0 Å². The molecule has 0 saturated carbocycles. The topological polar surface area (TPSA) is 12.5 Å². The first-order valence-corrected chi connectivity index (χ1v) is 3.77. The summed E-state index contributed by atoms with van der Waals surface area (Å²) in [6.45, 7) is -0.535. The van der Waals surface area contributed by atoms with E-state index in [0.29, 0.717) is 5.92 Å². The lowest BCUT2D eigenvalue weighted by Crippen LogP contribution is -2.17. The van der Waals surface area contributed by atoms with Gasteiger partial charge in [0.25, 0.3) is 0 Å². The summed E-state index contributed by atoms with van der Waals surface area (Å²) < 4.78 is 27.3. The van der Waals surface area contributed by atoms with Crippen LogP contribution in [-0.2, 0) is 4.74 Å². The Hall–Kier alpha value is -0.220. The molecule has 0 aliphatic carbocycles. The Balaban J connectivity index is 2.08. The highest BCUT2D eigenvalue weighted by Crippen LogP contribution is 2.15. The summed E-state index contributed by atoms with van der Waals surface area (Å²) in [6, 6.07) is 0. The van der Waals surface area contributed by atoms with E-state index < -0.39 is 6.61 Å². The molecule has 4 heteroatoms. The van der Waals surface area contributed by atoms with Gasteiger partial charge in [-0.2, -0.15) is 8.78 Å². The maximum absolute atomic E-state index is 11.5. The summed E-state index contributed by atoms with van der Waals surface area (Å²) in [5.74, 6) is 0.300. The first-order chi connectivity index (χ1) is 5.18. The third-order valence-corrected chi connectivity index (χ3v) is 1.95. The molecule has 0 N–H and O–H groups in total. The van der Waals surface area contributed by atoms with Crippen molar-refractivity contribution in [3.8, 4) is 0 Å². The van der Waals surface area contributed by atoms with E-state index in [2.05, 4.69) is 9.64 Å². The van der Waals surface area contributed by atoms with Crippen molar-refractivity contribution in [2.45, 2.75) is 13.0 Å². The maximum atomic E-state index is 11.5.